The van der Waals surface area contributed by atoms with E-state index in [0.717, 1.165) is 23.1 Å². The summed E-state index contributed by atoms with van der Waals surface area (Å²) in [5.41, 5.74) is 3.70. The van der Waals surface area contributed by atoms with Crippen LogP contribution in [0.25, 0.3) is 6.08 Å². The van der Waals surface area contributed by atoms with E-state index < -0.39 is 0 Å². The molecule has 0 saturated carbocycles. The number of allylic oxidation sites excluding steroid dienone is 2. The van der Waals surface area contributed by atoms with E-state index in [1.54, 1.807) is 6.08 Å². The van der Waals surface area contributed by atoms with Gasteiger partial charge in [-0.05, 0) is 43.4 Å². The summed E-state index contributed by atoms with van der Waals surface area (Å²) >= 11 is 0. The summed E-state index contributed by atoms with van der Waals surface area (Å²) in [6.07, 6.45) is 6.46. The van der Waals surface area contributed by atoms with Crippen molar-refractivity contribution in [2.75, 3.05) is 0 Å². The molecule has 0 radical (unpaired) electrons. The van der Waals surface area contributed by atoms with Gasteiger partial charge < -0.3 is 5.32 Å². The summed E-state index contributed by atoms with van der Waals surface area (Å²) < 4.78 is 0. The molecule has 1 atom stereocenters. The maximum atomic E-state index is 12.6. The van der Waals surface area contributed by atoms with Gasteiger partial charge in [0.25, 0.3) is 5.91 Å². The SMILES string of the molecule is C=C/C=C\c1cccc(C(=O)NC(CC(C)C)C(=C)C)c1C. The molecule has 0 spiro atoms. The monoisotopic (exact) mass is 297 g/mol. The van der Waals surface area contributed by atoms with Gasteiger partial charge in [0.1, 0.15) is 0 Å². The maximum absolute atomic E-state index is 12.6. The van der Waals surface area contributed by atoms with Gasteiger partial charge in [-0.1, -0.05) is 62.9 Å². The Hall–Kier alpha value is -2.09. The largest absolute Gasteiger partial charge is 0.346 e. The van der Waals surface area contributed by atoms with Crippen LogP contribution in [0.4, 0.5) is 0 Å². The molecule has 1 aromatic carbocycles. The molecule has 2 heteroatoms. The van der Waals surface area contributed by atoms with E-state index in [4.69, 9.17) is 0 Å². The number of amides is 1. The Morgan fingerprint density at radius 2 is 2.05 bits per heavy atom. The van der Waals surface area contributed by atoms with E-state index in [2.05, 4.69) is 32.3 Å². The zero-order chi connectivity index (χ0) is 16.7. The van der Waals surface area contributed by atoms with Crippen LogP contribution in [0, 0.1) is 12.8 Å². The second kappa shape index (κ2) is 8.38. The number of hydrogen-bond acceptors (Lipinski definition) is 1. The molecule has 1 rings (SSSR count). The van der Waals surface area contributed by atoms with Gasteiger partial charge in [0.05, 0.1) is 6.04 Å². The van der Waals surface area contributed by atoms with E-state index >= 15 is 0 Å². The molecule has 0 fully saturated rings. The fourth-order valence-electron chi connectivity index (χ4n) is 2.34. The Labute approximate surface area is 134 Å². The van der Waals surface area contributed by atoms with Crippen molar-refractivity contribution in [2.24, 2.45) is 5.92 Å². The number of rotatable bonds is 7. The normalized spacial score (nSPS) is 12.4. The first-order chi connectivity index (χ1) is 10.4. The molecular formula is C20H27NO. The van der Waals surface area contributed by atoms with E-state index in [1.165, 1.54) is 0 Å². The number of nitrogens with one attached hydrogen (secondary N) is 1. The molecule has 0 bridgehead atoms. The maximum Gasteiger partial charge on any atom is 0.252 e. The van der Waals surface area contributed by atoms with Crippen molar-refractivity contribution in [3.05, 3.63) is 65.8 Å². The van der Waals surface area contributed by atoms with Crippen LogP contribution < -0.4 is 5.32 Å². The molecule has 0 aromatic heterocycles. The van der Waals surface area contributed by atoms with Crippen LogP contribution in [0.3, 0.4) is 0 Å². The van der Waals surface area contributed by atoms with Crippen molar-refractivity contribution in [1.29, 1.82) is 0 Å². The first-order valence-corrected chi connectivity index (χ1v) is 7.71. The van der Waals surface area contributed by atoms with Crippen molar-refractivity contribution < 1.29 is 4.79 Å². The van der Waals surface area contributed by atoms with Crippen LogP contribution in [-0.2, 0) is 0 Å². The van der Waals surface area contributed by atoms with Crippen molar-refractivity contribution in [3.8, 4) is 0 Å². The predicted octanol–water partition coefficient (Wildman–Crippen LogP) is 4.91. The molecule has 1 N–H and O–H groups in total. The highest BCUT2D eigenvalue weighted by molar-refractivity contribution is 5.96. The van der Waals surface area contributed by atoms with Crippen LogP contribution in [0.5, 0.6) is 0 Å². The van der Waals surface area contributed by atoms with Crippen LogP contribution >= 0.6 is 0 Å². The summed E-state index contributed by atoms with van der Waals surface area (Å²) in [6, 6.07) is 5.78. The lowest BCUT2D eigenvalue weighted by Gasteiger charge is -2.21. The molecule has 1 amide bonds. The molecular weight excluding hydrogens is 270 g/mol. The molecule has 1 unspecified atom stereocenters. The molecule has 0 aliphatic rings. The third-order valence-corrected chi connectivity index (χ3v) is 3.64. The van der Waals surface area contributed by atoms with Crippen molar-refractivity contribution in [2.45, 2.75) is 40.2 Å². The van der Waals surface area contributed by atoms with E-state index in [-0.39, 0.29) is 11.9 Å². The highest BCUT2D eigenvalue weighted by Crippen LogP contribution is 2.17. The van der Waals surface area contributed by atoms with E-state index in [9.17, 15) is 4.79 Å². The Balaban J connectivity index is 3.00. The molecule has 0 aliphatic heterocycles. The quantitative estimate of drug-likeness (QED) is 0.562. The number of benzene rings is 1. The smallest absolute Gasteiger partial charge is 0.252 e. The van der Waals surface area contributed by atoms with Crippen molar-refractivity contribution in [1.82, 2.24) is 5.32 Å². The summed E-state index contributed by atoms with van der Waals surface area (Å²) in [4.78, 5) is 12.6. The van der Waals surface area contributed by atoms with Crippen molar-refractivity contribution >= 4 is 12.0 Å². The molecule has 0 aliphatic carbocycles. The van der Waals surface area contributed by atoms with Gasteiger partial charge in [-0.25, -0.2) is 0 Å². The minimum atomic E-state index is -0.0417. The Bertz CT molecular complexity index is 581. The average Bonchev–Trinajstić information content (AvgIpc) is 2.44. The Kier molecular flexibility index (Phi) is 6.84. The van der Waals surface area contributed by atoms with Crippen LogP contribution in [-0.4, -0.2) is 11.9 Å². The number of hydrogen-bond donors (Lipinski definition) is 1. The Morgan fingerprint density at radius 1 is 1.36 bits per heavy atom. The van der Waals surface area contributed by atoms with Crippen molar-refractivity contribution in [3.63, 3.8) is 0 Å². The third-order valence-electron chi connectivity index (χ3n) is 3.64. The fraction of sp³-hybridized carbons (Fsp3) is 0.350. The minimum Gasteiger partial charge on any atom is -0.346 e. The van der Waals surface area contributed by atoms with Gasteiger partial charge in [0, 0.05) is 5.56 Å². The highest BCUT2D eigenvalue weighted by Gasteiger charge is 2.17. The number of carbonyl (C=O) groups excluding carboxylic acids is 1. The fourth-order valence-corrected chi connectivity index (χ4v) is 2.34. The highest BCUT2D eigenvalue weighted by atomic mass is 16.1. The lowest BCUT2D eigenvalue weighted by molar-refractivity contribution is 0.0938. The van der Waals surface area contributed by atoms with Gasteiger partial charge in [-0.15, -0.1) is 0 Å². The molecule has 0 heterocycles. The van der Waals surface area contributed by atoms with Gasteiger partial charge >= 0.3 is 0 Å². The standard InChI is InChI=1S/C20H27NO/c1-7-8-10-17-11-9-12-18(16(17)6)20(22)21-19(15(4)5)13-14(2)3/h7-12,14,19H,1,4,13H2,2-3,5-6H3,(H,21,22)/b10-8-. The lowest BCUT2D eigenvalue weighted by Crippen LogP contribution is -2.36. The third kappa shape index (κ3) is 5.03. The predicted molar refractivity (Wildman–Crippen MR) is 95.9 cm³/mol. The number of carbonyl (C=O) groups is 1. The van der Waals surface area contributed by atoms with Crippen LogP contribution in [0.15, 0.2) is 49.1 Å². The second-order valence-electron chi connectivity index (χ2n) is 6.12. The Morgan fingerprint density at radius 3 is 2.59 bits per heavy atom. The summed E-state index contributed by atoms with van der Waals surface area (Å²) in [6.45, 7) is 15.9. The second-order valence-corrected chi connectivity index (χ2v) is 6.12. The van der Waals surface area contributed by atoms with Gasteiger partial charge in [-0.3, -0.25) is 4.79 Å². The average molecular weight is 297 g/mol. The molecule has 0 saturated heterocycles. The van der Waals surface area contributed by atoms with Crippen LogP contribution in [0.2, 0.25) is 0 Å². The topological polar surface area (TPSA) is 29.1 Å². The first-order valence-electron chi connectivity index (χ1n) is 7.71. The molecule has 1 aromatic rings. The van der Waals surface area contributed by atoms with E-state index in [1.807, 2.05) is 44.2 Å². The lowest BCUT2D eigenvalue weighted by atomic mass is 9.97. The van der Waals surface area contributed by atoms with Crippen LogP contribution in [0.1, 0.15) is 48.7 Å². The zero-order valence-electron chi connectivity index (χ0n) is 14.1. The molecule has 118 valence electrons. The summed E-state index contributed by atoms with van der Waals surface area (Å²) in [7, 11) is 0. The first kappa shape index (κ1) is 18.0. The van der Waals surface area contributed by atoms with Gasteiger partial charge in [0.15, 0.2) is 0 Å². The minimum absolute atomic E-state index is 0.0132. The summed E-state index contributed by atoms with van der Waals surface area (Å²) in [5, 5.41) is 3.11. The molecule has 22 heavy (non-hydrogen) atoms. The van der Waals surface area contributed by atoms with E-state index in [0.29, 0.717) is 11.5 Å². The van der Waals surface area contributed by atoms with Gasteiger partial charge in [0.2, 0.25) is 0 Å². The molecule has 2 nitrogen and oxygen atoms in total. The summed E-state index contributed by atoms with van der Waals surface area (Å²) in [5.74, 6) is 0.463. The zero-order valence-corrected chi connectivity index (χ0v) is 14.1. The van der Waals surface area contributed by atoms with Gasteiger partial charge in [-0.2, -0.15) is 0 Å².